The van der Waals surface area contributed by atoms with Gasteiger partial charge in [0.05, 0.1) is 10.8 Å². The summed E-state index contributed by atoms with van der Waals surface area (Å²) in [5, 5.41) is 14.6. The van der Waals surface area contributed by atoms with Gasteiger partial charge in [-0.05, 0) is 79.2 Å². The number of nitrogens with zero attached hydrogens (tertiary/aromatic N) is 1. The summed E-state index contributed by atoms with van der Waals surface area (Å²) < 4.78 is 2.27. The molecule has 0 fully saturated rings. The Morgan fingerprint density at radius 2 is 0.938 bits per heavy atom. The Bertz CT molecular complexity index is 1750. The number of benzene rings is 6. The second-order valence-corrected chi connectivity index (χ2v) is 8.91. The van der Waals surface area contributed by atoms with Crippen molar-refractivity contribution in [3.63, 3.8) is 0 Å². The maximum atomic E-state index is 2.44. The third kappa shape index (κ3) is 2.20. The Labute approximate surface area is 186 Å². The Morgan fingerprint density at radius 3 is 1.56 bits per heavy atom. The van der Waals surface area contributed by atoms with Crippen molar-refractivity contribution >= 4 is 64.8 Å². The number of rotatable bonds is 0. The van der Waals surface area contributed by atoms with Gasteiger partial charge in [0.2, 0.25) is 5.52 Å². The van der Waals surface area contributed by atoms with Crippen LogP contribution in [0.1, 0.15) is 5.56 Å². The minimum absolute atomic E-state index is 1.30. The van der Waals surface area contributed by atoms with E-state index in [4.69, 9.17) is 0 Å². The van der Waals surface area contributed by atoms with E-state index in [1.807, 2.05) is 0 Å². The molecule has 0 aliphatic rings. The van der Waals surface area contributed by atoms with Crippen molar-refractivity contribution in [2.75, 3.05) is 0 Å². The van der Waals surface area contributed by atoms with E-state index in [0.29, 0.717) is 0 Å². The van der Waals surface area contributed by atoms with E-state index < -0.39 is 0 Å². The van der Waals surface area contributed by atoms with Crippen molar-refractivity contribution in [3.05, 3.63) is 103 Å². The normalized spacial score (nSPS) is 12.1. The number of aryl methyl sites for hydroxylation is 2. The molecule has 1 nitrogen and oxygen atoms in total. The Hall–Kier alpha value is -3.97. The monoisotopic (exact) mass is 408 g/mol. The number of pyridine rings is 1. The summed E-state index contributed by atoms with van der Waals surface area (Å²) in [6.45, 7) is 2.23. The minimum Gasteiger partial charge on any atom is -0.200 e. The van der Waals surface area contributed by atoms with Gasteiger partial charge in [-0.1, -0.05) is 66.7 Å². The average molecular weight is 409 g/mol. The zero-order valence-electron chi connectivity index (χ0n) is 18.2. The van der Waals surface area contributed by atoms with Crippen molar-refractivity contribution in [1.29, 1.82) is 0 Å². The molecule has 150 valence electrons. The van der Waals surface area contributed by atoms with Gasteiger partial charge in [0.1, 0.15) is 7.05 Å². The smallest absolute Gasteiger partial charge is 0.200 e. The fourth-order valence-corrected chi connectivity index (χ4v) is 5.74. The first kappa shape index (κ1) is 17.7. The van der Waals surface area contributed by atoms with Crippen LogP contribution in [0, 0.1) is 6.92 Å². The highest BCUT2D eigenvalue weighted by Gasteiger charge is 2.18. The van der Waals surface area contributed by atoms with Gasteiger partial charge in [-0.2, -0.15) is 0 Å². The third-order valence-corrected chi connectivity index (χ3v) is 7.15. The molecule has 0 amide bonds. The molecule has 7 aromatic rings. The van der Waals surface area contributed by atoms with Crippen LogP contribution < -0.4 is 4.57 Å². The second-order valence-electron chi connectivity index (χ2n) is 8.91. The summed E-state index contributed by atoms with van der Waals surface area (Å²) in [6, 6.07) is 33.7. The molecule has 7 rings (SSSR count). The first-order valence-corrected chi connectivity index (χ1v) is 11.2. The van der Waals surface area contributed by atoms with Gasteiger partial charge in [0.25, 0.3) is 0 Å². The van der Waals surface area contributed by atoms with Gasteiger partial charge in [-0.15, -0.1) is 0 Å². The predicted molar refractivity (Wildman–Crippen MR) is 137 cm³/mol. The number of hydrogen-bond donors (Lipinski definition) is 0. The van der Waals surface area contributed by atoms with Crippen molar-refractivity contribution in [2.45, 2.75) is 6.92 Å². The van der Waals surface area contributed by atoms with Crippen LogP contribution in [-0.4, -0.2) is 0 Å². The maximum absolute atomic E-state index is 2.44. The van der Waals surface area contributed by atoms with E-state index in [0.717, 1.165) is 0 Å². The van der Waals surface area contributed by atoms with Crippen LogP contribution in [0.5, 0.6) is 0 Å². The molecule has 0 aliphatic carbocycles. The molecule has 0 radical (unpaired) electrons. The summed E-state index contributed by atoms with van der Waals surface area (Å²) in [5.41, 5.74) is 2.62. The van der Waals surface area contributed by atoms with Gasteiger partial charge in [-0.3, -0.25) is 0 Å². The van der Waals surface area contributed by atoms with Crippen LogP contribution in [0.15, 0.2) is 97.2 Å². The first-order valence-electron chi connectivity index (χ1n) is 11.2. The van der Waals surface area contributed by atoms with Crippen LogP contribution in [-0.2, 0) is 7.05 Å². The van der Waals surface area contributed by atoms with Crippen molar-refractivity contribution in [3.8, 4) is 0 Å². The predicted octanol–water partition coefficient (Wildman–Crippen LogP) is 7.74. The molecule has 0 bridgehead atoms. The van der Waals surface area contributed by atoms with Gasteiger partial charge < -0.3 is 0 Å². The molecule has 0 unspecified atom stereocenters. The zero-order valence-corrected chi connectivity index (χ0v) is 18.2. The van der Waals surface area contributed by atoms with Crippen molar-refractivity contribution in [2.24, 2.45) is 7.05 Å². The molecule has 0 aliphatic heterocycles. The lowest BCUT2D eigenvalue weighted by Gasteiger charge is -2.14. The van der Waals surface area contributed by atoms with E-state index in [2.05, 4.69) is 116 Å². The van der Waals surface area contributed by atoms with E-state index in [-0.39, 0.29) is 0 Å². The molecule has 0 spiro atoms. The van der Waals surface area contributed by atoms with Gasteiger partial charge in [0, 0.05) is 6.07 Å². The molecule has 0 saturated heterocycles. The summed E-state index contributed by atoms with van der Waals surface area (Å²) in [7, 11) is 2.16. The lowest BCUT2D eigenvalue weighted by molar-refractivity contribution is -0.644. The average Bonchev–Trinajstić information content (AvgIpc) is 2.84. The molecule has 32 heavy (non-hydrogen) atoms. The largest absolute Gasteiger partial charge is 0.221 e. The summed E-state index contributed by atoms with van der Waals surface area (Å²) >= 11 is 0. The van der Waals surface area contributed by atoms with Gasteiger partial charge >= 0.3 is 0 Å². The number of hydrogen-bond acceptors (Lipinski definition) is 0. The molecule has 0 atom stereocenters. The topological polar surface area (TPSA) is 3.88 Å². The fraction of sp³-hybridized carbons (Fsp3) is 0.0645. The second kappa shape index (κ2) is 6.27. The molecule has 0 saturated carbocycles. The van der Waals surface area contributed by atoms with E-state index in [1.54, 1.807) is 0 Å². The van der Waals surface area contributed by atoms with E-state index >= 15 is 0 Å². The Kier molecular flexibility index (Phi) is 3.47. The van der Waals surface area contributed by atoms with Crippen LogP contribution in [0.25, 0.3) is 64.8 Å². The molecule has 1 heterocycles. The third-order valence-electron chi connectivity index (χ3n) is 7.15. The van der Waals surface area contributed by atoms with Gasteiger partial charge in [0.15, 0.2) is 6.20 Å². The number of fused-ring (bicyclic) bond motifs is 12. The summed E-state index contributed by atoms with van der Waals surface area (Å²) in [6.07, 6.45) is 2.16. The summed E-state index contributed by atoms with van der Waals surface area (Å²) in [5.74, 6) is 0. The lowest BCUT2D eigenvalue weighted by Crippen LogP contribution is -2.28. The zero-order chi connectivity index (χ0) is 21.4. The van der Waals surface area contributed by atoms with Crippen LogP contribution in [0.3, 0.4) is 0 Å². The molecule has 0 N–H and O–H groups in total. The van der Waals surface area contributed by atoms with Gasteiger partial charge in [-0.25, -0.2) is 4.57 Å². The molecule has 6 aromatic carbocycles. The standard InChI is InChI=1S/C31H22N/c1-19-9-7-14-24-28-17-26-22-12-5-3-10-20(22)21-11-4-6-13-23(21)27(26)18-29(28)25-15-8-16-32(2)31(25)30(19)24/h3-18H,1-2H3/q+1. The minimum atomic E-state index is 1.30. The van der Waals surface area contributed by atoms with Crippen molar-refractivity contribution in [1.82, 2.24) is 0 Å². The molecular formula is C31H22N+. The van der Waals surface area contributed by atoms with Crippen LogP contribution >= 0.6 is 0 Å². The maximum Gasteiger partial charge on any atom is 0.221 e. The highest BCUT2D eigenvalue weighted by Crippen LogP contribution is 2.41. The summed E-state index contributed by atoms with van der Waals surface area (Å²) in [4.78, 5) is 0. The SMILES string of the molecule is Cc1cccc2c3cc4c5ccccc5c5ccccc5c4cc3c3ccc[n+](C)c3c12. The number of aromatic nitrogens is 1. The van der Waals surface area contributed by atoms with E-state index in [9.17, 15) is 0 Å². The fourth-order valence-electron chi connectivity index (χ4n) is 5.74. The highest BCUT2D eigenvalue weighted by molar-refractivity contribution is 6.32. The quantitative estimate of drug-likeness (QED) is 0.137. The van der Waals surface area contributed by atoms with E-state index in [1.165, 1.54) is 70.3 Å². The van der Waals surface area contributed by atoms with Crippen molar-refractivity contribution < 1.29 is 4.57 Å². The Balaban J connectivity index is 1.86. The molecule has 1 aromatic heterocycles. The Morgan fingerprint density at radius 1 is 0.469 bits per heavy atom. The molecular weight excluding hydrogens is 386 g/mol. The van der Waals surface area contributed by atoms with Crippen LogP contribution in [0.2, 0.25) is 0 Å². The highest BCUT2D eigenvalue weighted by atomic mass is 14.9. The van der Waals surface area contributed by atoms with Crippen LogP contribution in [0.4, 0.5) is 0 Å². The molecule has 1 heteroatoms. The first-order chi connectivity index (χ1) is 15.7. The lowest BCUT2D eigenvalue weighted by atomic mass is 9.89.